The summed E-state index contributed by atoms with van der Waals surface area (Å²) in [5.74, 6) is 0.929. The largest absolute Gasteiger partial charge is 0.494 e. The van der Waals surface area contributed by atoms with Gasteiger partial charge in [0.1, 0.15) is 5.75 Å². The van der Waals surface area contributed by atoms with Crippen LogP contribution in [-0.4, -0.2) is 6.61 Å². The van der Waals surface area contributed by atoms with E-state index in [1.807, 2.05) is 36.4 Å². The molecule has 0 amide bonds. The average molecular weight is 273 g/mol. The Bertz CT molecular complexity index is 510. The molecule has 0 radical (unpaired) electrons. The van der Waals surface area contributed by atoms with Gasteiger partial charge in [0.15, 0.2) is 0 Å². The van der Waals surface area contributed by atoms with Crippen LogP contribution in [0.2, 0.25) is 0 Å². The second-order valence-corrected chi connectivity index (χ2v) is 5.43. The van der Waals surface area contributed by atoms with Crippen LogP contribution in [0.5, 0.6) is 5.75 Å². The highest BCUT2D eigenvalue weighted by Gasteiger charge is 2.01. The Morgan fingerprint density at radius 2 is 1.79 bits per heavy atom. The van der Waals surface area contributed by atoms with Gasteiger partial charge in [0, 0.05) is 15.5 Å². The number of ether oxygens (including phenoxy) is 1. The van der Waals surface area contributed by atoms with E-state index >= 15 is 0 Å². The molecule has 0 aromatic heterocycles. The number of benzene rings is 2. The lowest BCUT2D eigenvalue weighted by molar-refractivity contribution is 0.309. The van der Waals surface area contributed by atoms with E-state index in [4.69, 9.17) is 10.5 Å². The van der Waals surface area contributed by atoms with Gasteiger partial charge in [0.2, 0.25) is 0 Å². The number of hydrogen-bond donors (Lipinski definition) is 1. The van der Waals surface area contributed by atoms with Crippen molar-refractivity contribution in [3.8, 4) is 5.75 Å². The van der Waals surface area contributed by atoms with E-state index in [-0.39, 0.29) is 0 Å². The Kier molecular flexibility index (Phi) is 5.16. The second-order valence-electron chi connectivity index (χ2n) is 4.31. The van der Waals surface area contributed by atoms with Crippen LogP contribution >= 0.6 is 11.8 Å². The highest BCUT2D eigenvalue weighted by atomic mass is 32.2. The van der Waals surface area contributed by atoms with Gasteiger partial charge in [-0.15, -0.1) is 0 Å². The number of hydrogen-bond acceptors (Lipinski definition) is 3. The summed E-state index contributed by atoms with van der Waals surface area (Å²) in [6.45, 7) is 2.95. The Hall–Kier alpha value is -1.61. The zero-order valence-electron chi connectivity index (χ0n) is 11.1. The summed E-state index contributed by atoms with van der Waals surface area (Å²) in [6.07, 6.45) is 2.25. The predicted octanol–water partition coefficient (Wildman–Crippen LogP) is 4.60. The van der Waals surface area contributed by atoms with Crippen molar-refractivity contribution >= 4 is 17.4 Å². The van der Waals surface area contributed by atoms with Crippen LogP contribution in [-0.2, 0) is 0 Å². The minimum atomic E-state index is 0.786. The van der Waals surface area contributed by atoms with E-state index in [0.29, 0.717) is 0 Å². The van der Waals surface area contributed by atoms with Crippen molar-refractivity contribution in [3.05, 3.63) is 48.5 Å². The van der Waals surface area contributed by atoms with E-state index in [0.717, 1.165) is 35.8 Å². The minimum Gasteiger partial charge on any atom is -0.494 e. The van der Waals surface area contributed by atoms with Crippen LogP contribution in [0.3, 0.4) is 0 Å². The molecule has 0 atom stereocenters. The molecule has 2 rings (SSSR count). The molecule has 0 aliphatic heterocycles. The van der Waals surface area contributed by atoms with Gasteiger partial charge in [-0.3, -0.25) is 0 Å². The highest BCUT2D eigenvalue weighted by molar-refractivity contribution is 7.99. The summed E-state index contributed by atoms with van der Waals surface area (Å²) in [5, 5.41) is 0. The van der Waals surface area contributed by atoms with Crippen molar-refractivity contribution in [1.82, 2.24) is 0 Å². The molecule has 0 bridgehead atoms. The Labute approximate surface area is 119 Å². The van der Waals surface area contributed by atoms with Gasteiger partial charge >= 0.3 is 0 Å². The van der Waals surface area contributed by atoms with E-state index in [1.165, 1.54) is 4.90 Å². The first-order chi connectivity index (χ1) is 9.29. The highest BCUT2D eigenvalue weighted by Crippen LogP contribution is 2.32. The topological polar surface area (TPSA) is 35.2 Å². The van der Waals surface area contributed by atoms with Crippen molar-refractivity contribution < 1.29 is 4.74 Å². The lowest BCUT2D eigenvalue weighted by Crippen LogP contribution is -1.95. The van der Waals surface area contributed by atoms with E-state index < -0.39 is 0 Å². The monoisotopic (exact) mass is 273 g/mol. The Morgan fingerprint density at radius 1 is 1.05 bits per heavy atom. The van der Waals surface area contributed by atoms with E-state index in [9.17, 15) is 0 Å². The predicted molar refractivity (Wildman–Crippen MR) is 81.8 cm³/mol. The molecule has 0 heterocycles. The molecule has 2 aromatic rings. The smallest absolute Gasteiger partial charge is 0.119 e. The molecule has 0 aliphatic carbocycles. The lowest BCUT2D eigenvalue weighted by Gasteiger charge is -2.07. The van der Waals surface area contributed by atoms with Crippen LogP contribution in [0.15, 0.2) is 58.3 Å². The van der Waals surface area contributed by atoms with Crippen molar-refractivity contribution in [2.24, 2.45) is 0 Å². The second kappa shape index (κ2) is 7.10. The molecule has 3 heteroatoms. The fourth-order valence-corrected chi connectivity index (χ4v) is 2.50. The van der Waals surface area contributed by atoms with Gasteiger partial charge in [0.25, 0.3) is 0 Å². The number of nitrogens with two attached hydrogens (primary N) is 1. The van der Waals surface area contributed by atoms with Gasteiger partial charge in [0.05, 0.1) is 6.61 Å². The zero-order chi connectivity index (χ0) is 13.5. The number of anilines is 1. The summed E-state index contributed by atoms with van der Waals surface area (Å²) in [7, 11) is 0. The molecule has 0 unspecified atom stereocenters. The zero-order valence-corrected chi connectivity index (χ0v) is 12.0. The van der Waals surface area contributed by atoms with E-state index in [2.05, 4.69) is 19.1 Å². The molecule has 0 saturated carbocycles. The molecule has 19 heavy (non-hydrogen) atoms. The average Bonchev–Trinajstić information content (AvgIpc) is 2.44. The summed E-state index contributed by atoms with van der Waals surface area (Å²) in [6, 6.07) is 16.1. The summed E-state index contributed by atoms with van der Waals surface area (Å²) >= 11 is 1.67. The van der Waals surface area contributed by atoms with Crippen molar-refractivity contribution in [1.29, 1.82) is 0 Å². The van der Waals surface area contributed by atoms with Gasteiger partial charge in [-0.25, -0.2) is 0 Å². The third-order valence-corrected chi connectivity index (χ3v) is 3.84. The standard InChI is InChI=1S/C16H19NOS/c1-2-3-12-18-13-8-10-14(11-9-13)19-16-7-5-4-6-15(16)17/h4-11H,2-3,12,17H2,1H3. The number of para-hydroxylation sites is 1. The first kappa shape index (κ1) is 13.8. The third kappa shape index (κ3) is 4.21. The third-order valence-electron chi connectivity index (χ3n) is 2.74. The van der Waals surface area contributed by atoms with Crippen LogP contribution in [0.4, 0.5) is 5.69 Å². The molecule has 0 aliphatic rings. The maximum absolute atomic E-state index is 5.93. The molecular weight excluding hydrogens is 254 g/mol. The first-order valence-electron chi connectivity index (χ1n) is 6.55. The lowest BCUT2D eigenvalue weighted by atomic mass is 10.3. The van der Waals surface area contributed by atoms with Gasteiger partial charge in [-0.05, 0) is 42.8 Å². The van der Waals surface area contributed by atoms with Crippen molar-refractivity contribution in [2.45, 2.75) is 29.6 Å². The van der Waals surface area contributed by atoms with Gasteiger partial charge in [-0.2, -0.15) is 0 Å². The number of unbranched alkanes of at least 4 members (excludes halogenated alkanes) is 1. The van der Waals surface area contributed by atoms with Crippen LogP contribution in [0.1, 0.15) is 19.8 Å². The molecule has 0 fully saturated rings. The van der Waals surface area contributed by atoms with E-state index in [1.54, 1.807) is 11.8 Å². The van der Waals surface area contributed by atoms with Gasteiger partial charge in [-0.1, -0.05) is 37.2 Å². The van der Waals surface area contributed by atoms with Crippen LogP contribution in [0.25, 0.3) is 0 Å². The number of nitrogen functional groups attached to an aromatic ring is 1. The first-order valence-corrected chi connectivity index (χ1v) is 7.36. The molecule has 0 saturated heterocycles. The maximum atomic E-state index is 5.93. The summed E-state index contributed by atoms with van der Waals surface area (Å²) < 4.78 is 5.64. The molecule has 2 aromatic carbocycles. The Morgan fingerprint density at radius 3 is 2.47 bits per heavy atom. The fraction of sp³-hybridized carbons (Fsp3) is 0.250. The molecule has 2 nitrogen and oxygen atoms in total. The fourth-order valence-electron chi connectivity index (χ4n) is 1.64. The summed E-state index contributed by atoms with van der Waals surface area (Å²) in [4.78, 5) is 2.25. The normalized spacial score (nSPS) is 10.4. The maximum Gasteiger partial charge on any atom is 0.119 e. The quantitative estimate of drug-likeness (QED) is 0.617. The minimum absolute atomic E-state index is 0.786. The van der Waals surface area contributed by atoms with Crippen molar-refractivity contribution in [2.75, 3.05) is 12.3 Å². The van der Waals surface area contributed by atoms with Crippen molar-refractivity contribution in [3.63, 3.8) is 0 Å². The Balaban J connectivity index is 1.97. The van der Waals surface area contributed by atoms with Gasteiger partial charge < -0.3 is 10.5 Å². The molecule has 100 valence electrons. The van der Waals surface area contributed by atoms with Crippen LogP contribution in [0, 0.1) is 0 Å². The molecular formula is C16H19NOS. The number of rotatable bonds is 6. The molecule has 2 N–H and O–H groups in total. The SMILES string of the molecule is CCCCOc1ccc(Sc2ccccc2N)cc1. The summed E-state index contributed by atoms with van der Waals surface area (Å²) in [5.41, 5.74) is 6.75. The van der Waals surface area contributed by atoms with Crippen LogP contribution < -0.4 is 10.5 Å². The molecule has 0 spiro atoms.